The topological polar surface area (TPSA) is 99.2 Å². The number of carbonyl (C=O) groups excluding carboxylic acids is 2. The molecule has 170 valence electrons. The van der Waals surface area contributed by atoms with Crippen molar-refractivity contribution in [2.75, 3.05) is 18.4 Å². The lowest BCUT2D eigenvalue weighted by molar-refractivity contribution is -0.132. The number of hydrogen-bond acceptors (Lipinski definition) is 5. The molecule has 32 heavy (non-hydrogen) atoms. The number of benzene rings is 2. The molecule has 1 aliphatic rings. The zero-order chi connectivity index (χ0) is 23.3. The summed E-state index contributed by atoms with van der Waals surface area (Å²) in [7, 11) is -3.67. The molecule has 0 unspecified atom stereocenters. The normalized spacial score (nSPS) is 14.4. The molecule has 9 heteroatoms. The molecule has 0 atom stereocenters. The van der Waals surface area contributed by atoms with Crippen molar-refractivity contribution >= 4 is 33.2 Å². The fourth-order valence-electron chi connectivity index (χ4n) is 3.51. The van der Waals surface area contributed by atoms with Crippen LogP contribution in [0, 0.1) is 6.92 Å². The van der Waals surface area contributed by atoms with Gasteiger partial charge in [0, 0.05) is 31.6 Å². The third-order valence-electron chi connectivity index (χ3n) is 5.31. The molecular formula is C23H28N4O4S. The lowest BCUT2D eigenvalue weighted by Gasteiger charge is -2.23. The molecule has 1 heterocycles. The van der Waals surface area contributed by atoms with Gasteiger partial charge < -0.3 is 5.32 Å². The van der Waals surface area contributed by atoms with Crippen LogP contribution in [0.15, 0.2) is 58.5 Å². The number of anilines is 1. The summed E-state index contributed by atoms with van der Waals surface area (Å²) in [6.07, 6.45) is 0.418. The third kappa shape index (κ3) is 5.23. The maximum absolute atomic E-state index is 13.0. The van der Waals surface area contributed by atoms with Crippen LogP contribution in [-0.4, -0.2) is 48.3 Å². The van der Waals surface area contributed by atoms with E-state index in [4.69, 9.17) is 0 Å². The van der Waals surface area contributed by atoms with Gasteiger partial charge in [-0.25, -0.2) is 13.4 Å². The van der Waals surface area contributed by atoms with Gasteiger partial charge in [0.05, 0.1) is 11.4 Å². The van der Waals surface area contributed by atoms with Crippen LogP contribution in [0.2, 0.25) is 0 Å². The minimum Gasteiger partial charge on any atom is -0.321 e. The van der Waals surface area contributed by atoms with E-state index in [1.54, 1.807) is 32.9 Å². The molecule has 1 N–H and O–H groups in total. The van der Waals surface area contributed by atoms with Crippen molar-refractivity contribution in [2.24, 2.45) is 5.10 Å². The van der Waals surface area contributed by atoms with Gasteiger partial charge in [-0.2, -0.15) is 9.41 Å². The smallest absolute Gasteiger partial charge is 0.271 e. The van der Waals surface area contributed by atoms with E-state index < -0.39 is 15.9 Å². The Balaban J connectivity index is 1.81. The predicted molar refractivity (Wildman–Crippen MR) is 124 cm³/mol. The molecule has 0 saturated carbocycles. The number of sulfonamides is 1. The van der Waals surface area contributed by atoms with E-state index in [1.165, 1.54) is 15.4 Å². The summed E-state index contributed by atoms with van der Waals surface area (Å²) in [6, 6.07) is 14.2. The van der Waals surface area contributed by atoms with E-state index in [0.29, 0.717) is 24.3 Å². The van der Waals surface area contributed by atoms with Gasteiger partial charge in [0.25, 0.3) is 5.91 Å². The molecule has 0 saturated heterocycles. The highest BCUT2D eigenvalue weighted by Gasteiger charge is 2.26. The lowest BCUT2D eigenvalue weighted by Crippen LogP contribution is -2.36. The van der Waals surface area contributed by atoms with Crippen LogP contribution in [-0.2, 0) is 26.2 Å². The summed E-state index contributed by atoms with van der Waals surface area (Å²) in [5, 5.41) is 8.30. The van der Waals surface area contributed by atoms with Gasteiger partial charge in [-0.1, -0.05) is 50.2 Å². The quantitative estimate of drug-likeness (QED) is 0.660. The SMILES string of the molecule is CCN(CC)S(=O)(=O)c1cc(NC(=O)C2=NN(Cc3ccccc3)C(=O)CC2)ccc1C. The fraction of sp³-hybridized carbons (Fsp3) is 0.348. The largest absolute Gasteiger partial charge is 0.321 e. The van der Waals surface area contributed by atoms with Gasteiger partial charge in [-0.3, -0.25) is 9.59 Å². The van der Waals surface area contributed by atoms with Gasteiger partial charge in [0.1, 0.15) is 5.71 Å². The standard InChI is InChI=1S/C23H28N4O4S/c1-4-26(5-2)32(30,31)21-15-19(12-11-17(21)3)24-23(29)20-13-14-22(28)27(25-20)16-18-9-7-6-8-10-18/h6-12,15H,4-5,13-14,16H2,1-3H3,(H,24,29). The molecule has 1 aliphatic heterocycles. The fourth-order valence-corrected chi connectivity index (χ4v) is 5.22. The molecule has 0 bridgehead atoms. The molecule has 2 aromatic rings. The summed E-state index contributed by atoms with van der Waals surface area (Å²) in [5.41, 5.74) is 2.11. The number of carbonyl (C=O) groups is 2. The van der Waals surface area contributed by atoms with Crippen LogP contribution >= 0.6 is 0 Å². The summed E-state index contributed by atoms with van der Waals surface area (Å²) in [4.78, 5) is 25.2. The van der Waals surface area contributed by atoms with Crippen molar-refractivity contribution in [3.63, 3.8) is 0 Å². The van der Waals surface area contributed by atoms with Crippen LogP contribution in [0.25, 0.3) is 0 Å². The van der Waals surface area contributed by atoms with Crippen LogP contribution in [0.1, 0.15) is 37.8 Å². The zero-order valence-corrected chi connectivity index (χ0v) is 19.4. The third-order valence-corrected chi connectivity index (χ3v) is 7.50. The minimum atomic E-state index is -3.67. The second kappa shape index (κ2) is 10.1. The summed E-state index contributed by atoms with van der Waals surface area (Å²) >= 11 is 0. The monoisotopic (exact) mass is 456 g/mol. The summed E-state index contributed by atoms with van der Waals surface area (Å²) in [6.45, 7) is 6.29. The predicted octanol–water partition coefficient (Wildman–Crippen LogP) is 3.14. The Kier molecular flexibility index (Phi) is 7.42. The average molecular weight is 457 g/mol. The Morgan fingerprint density at radius 3 is 2.44 bits per heavy atom. The molecule has 3 rings (SSSR count). The molecular weight excluding hydrogens is 428 g/mol. The van der Waals surface area contributed by atoms with Gasteiger partial charge in [-0.05, 0) is 30.2 Å². The first-order chi connectivity index (χ1) is 15.3. The highest BCUT2D eigenvalue weighted by molar-refractivity contribution is 7.89. The van der Waals surface area contributed by atoms with Gasteiger partial charge >= 0.3 is 0 Å². The lowest BCUT2D eigenvalue weighted by atomic mass is 10.1. The molecule has 2 amide bonds. The van der Waals surface area contributed by atoms with Crippen molar-refractivity contribution < 1.29 is 18.0 Å². The van der Waals surface area contributed by atoms with Crippen molar-refractivity contribution in [1.82, 2.24) is 9.31 Å². The molecule has 0 fully saturated rings. The molecule has 8 nitrogen and oxygen atoms in total. The van der Waals surface area contributed by atoms with Crippen molar-refractivity contribution in [2.45, 2.75) is 45.1 Å². The Bertz CT molecular complexity index is 1130. The number of aryl methyl sites for hydroxylation is 1. The molecule has 0 aliphatic carbocycles. The van der Waals surface area contributed by atoms with Crippen molar-refractivity contribution in [3.8, 4) is 0 Å². The van der Waals surface area contributed by atoms with Gasteiger partial charge in [0.15, 0.2) is 0 Å². The van der Waals surface area contributed by atoms with Gasteiger partial charge in [-0.15, -0.1) is 0 Å². The number of hydrazone groups is 1. The molecule has 0 spiro atoms. The second-order valence-electron chi connectivity index (χ2n) is 7.51. The first-order valence-electron chi connectivity index (χ1n) is 10.6. The Labute approximate surface area is 189 Å². The number of amides is 2. The number of rotatable bonds is 8. The van der Waals surface area contributed by atoms with E-state index in [0.717, 1.165) is 5.56 Å². The number of nitrogens with one attached hydrogen (secondary N) is 1. The van der Waals surface area contributed by atoms with E-state index in [9.17, 15) is 18.0 Å². The van der Waals surface area contributed by atoms with Crippen molar-refractivity contribution in [1.29, 1.82) is 0 Å². The van der Waals surface area contributed by atoms with Crippen molar-refractivity contribution in [3.05, 3.63) is 59.7 Å². The highest BCUT2D eigenvalue weighted by atomic mass is 32.2. The Hall–Kier alpha value is -3.04. The van der Waals surface area contributed by atoms with Crippen LogP contribution in [0.3, 0.4) is 0 Å². The van der Waals surface area contributed by atoms with E-state index >= 15 is 0 Å². The first-order valence-corrected chi connectivity index (χ1v) is 12.0. The first kappa shape index (κ1) is 23.6. The zero-order valence-electron chi connectivity index (χ0n) is 18.5. The van der Waals surface area contributed by atoms with E-state index in [1.807, 2.05) is 30.3 Å². The summed E-state index contributed by atoms with van der Waals surface area (Å²) < 4.78 is 27.3. The Morgan fingerprint density at radius 1 is 1.09 bits per heavy atom. The number of nitrogens with zero attached hydrogens (tertiary/aromatic N) is 3. The van der Waals surface area contributed by atoms with E-state index in [-0.39, 0.29) is 35.9 Å². The minimum absolute atomic E-state index is 0.145. The number of hydrogen-bond donors (Lipinski definition) is 1. The van der Waals surface area contributed by atoms with Crippen LogP contribution < -0.4 is 5.32 Å². The van der Waals surface area contributed by atoms with Gasteiger partial charge in [0.2, 0.25) is 15.9 Å². The maximum Gasteiger partial charge on any atom is 0.271 e. The summed E-state index contributed by atoms with van der Waals surface area (Å²) in [5.74, 6) is -0.598. The van der Waals surface area contributed by atoms with Crippen LogP contribution in [0.5, 0.6) is 0 Å². The molecule has 0 radical (unpaired) electrons. The average Bonchev–Trinajstić information content (AvgIpc) is 2.77. The maximum atomic E-state index is 13.0. The highest BCUT2D eigenvalue weighted by Crippen LogP contribution is 2.24. The molecule has 0 aromatic heterocycles. The Morgan fingerprint density at radius 2 is 1.78 bits per heavy atom. The second-order valence-corrected chi connectivity index (χ2v) is 9.41. The van der Waals surface area contributed by atoms with E-state index in [2.05, 4.69) is 10.4 Å². The van der Waals surface area contributed by atoms with Crippen LogP contribution in [0.4, 0.5) is 5.69 Å². The molecule has 2 aromatic carbocycles.